The summed E-state index contributed by atoms with van der Waals surface area (Å²) in [6.07, 6.45) is 6.89. The Morgan fingerprint density at radius 3 is 2.95 bits per heavy atom. The molecule has 1 aromatic rings. The summed E-state index contributed by atoms with van der Waals surface area (Å²) in [5.41, 5.74) is 0. The number of nitrogens with zero attached hydrogens (tertiary/aromatic N) is 1. The molecule has 1 aliphatic carbocycles. The fraction of sp³-hybridized carbons (Fsp3) is 0.750. The van der Waals surface area contributed by atoms with E-state index in [1.54, 1.807) is 6.26 Å². The van der Waals surface area contributed by atoms with E-state index < -0.39 is 0 Å². The van der Waals surface area contributed by atoms with E-state index in [1.165, 1.54) is 25.8 Å². The van der Waals surface area contributed by atoms with Gasteiger partial charge in [-0.3, -0.25) is 4.90 Å². The molecule has 0 aromatic carbocycles. The van der Waals surface area contributed by atoms with Crippen molar-refractivity contribution in [1.29, 1.82) is 0 Å². The average molecular weight is 262 g/mol. The zero-order valence-corrected chi connectivity index (χ0v) is 12.1. The minimum Gasteiger partial charge on any atom is -0.469 e. The molecule has 0 amide bonds. The molecular weight excluding hydrogens is 236 g/mol. The van der Waals surface area contributed by atoms with Crippen LogP contribution in [0, 0.1) is 5.92 Å². The van der Waals surface area contributed by atoms with Crippen LogP contribution in [0.2, 0.25) is 0 Å². The lowest BCUT2D eigenvalue weighted by Crippen LogP contribution is -2.59. The molecule has 106 valence electrons. The SMILES string of the molecule is CCC1CNC(C2CC2)CN1C(C)Cc1ccco1. The highest BCUT2D eigenvalue weighted by atomic mass is 16.3. The maximum Gasteiger partial charge on any atom is 0.105 e. The summed E-state index contributed by atoms with van der Waals surface area (Å²) >= 11 is 0. The van der Waals surface area contributed by atoms with E-state index in [4.69, 9.17) is 4.42 Å². The van der Waals surface area contributed by atoms with Crippen molar-refractivity contribution in [2.45, 2.75) is 57.7 Å². The van der Waals surface area contributed by atoms with E-state index in [-0.39, 0.29) is 0 Å². The molecule has 2 aliphatic rings. The van der Waals surface area contributed by atoms with Crippen molar-refractivity contribution >= 4 is 0 Å². The number of nitrogens with one attached hydrogen (secondary N) is 1. The maximum atomic E-state index is 5.51. The van der Waals surface area contributed by atoms with Gasteiger partial charge in [0.1, 0.15) is 5.76 Å². The zero-order chi connectivity index (χ0) is 13.2. The lowest BCUT2D eigenvalue weighted by atomic mass is 10.00. The lowest BCUT2D eigenvalue weighted by Gasteiger charge is -2.43. The Morgan fingerprint density at radius 2 is 2.32 bits per heavy atom. The molecule has 1 saturated heterocycles. The minimum absolute atomic E-state index is 0.569. The summed E-state index contributed by atoms with van der Waals surface area (Å²) in [4.78, 5) is 2.71. The second-order valence-corrected chi connectivity index (χ2v) is 6.24. The van der Waals surface area contributed by atoms with Crippen LogP contribution in [-0.4, -0.2) is 36.1 Å². The molecule has 2 heterocycles. The largest absolute Gasteiger partial charge is 0.469 e. The Hall–Kier alpha value is -0.800. The smallest absolute Gasteiger partial charge is 0.105 e. The molecule has 1 aromatic heterocycles. The zero-order valence-electron chi connectivity index (χ0n) is 12.1. The highest BCUT2D eigenvalue weighted by Gasteiger charge is 2.38. The van der Waals surface area contributed by atoms with Gasteiger partial charge in [-0.1, -0.05) is 6.92 Å². The third-order valence-corrected chi connectivity index (χ3v) is 4.80. The van der Waals surface area contributed by atoms with Crippen LogP contribution in [0.5, 0.6) is 0 Å². The topological polar surface area (TPSA) is 28.4 Å². The molecule has 0 bridgehead atoms. The van der Waals surface area contributed by atoms with E-state index in [1.807, 2.05) is 6.07 Å². The summed E-state index contributed by atoms with van der Waals surface area (Å²) in [6, 6.07) is 6.06. The van der Waals surface area contributed by atoms with E-state index in [0.717, 1.165) is 30.7 Å². The first kappa shape index (κ1) is 13.2. The van der Waals surface area contributed by atoms with E-state index in [0.29, 0.717) is 12.1 Å². The Bertz CT molecular complexity index is 385. The van der Waals surface area contributed by atoms with Crippen molar-refractivity contribution in [2.24, 2.45) is 5.92 Å². The van der Waals surface area contributed by atoms with Gasteiger partial charge in [0.15, 0.2) is 0 Å². The lowest BCUT2D eigenvalue weighted by molar-refractivity contribution is 0.0782. The van der Waals surface area contributed by atoms with Crippen molar-refractivity contribution in [3.63, 3.8) is 0 Å². The molecule has 0 spiro atoms. The van der Waals surface area contributed by atoms with E-state index in [2.05, 4.69) is 30.1 Å². The van der Waals surface area contributed by atoms with Crippen LogP contribution in [0.4, 0.5) is 0 Å². The highest BCUT2D eigenvalue weighted by molar-refractivity contribution is 5.02. The molecule has 3 atom stereocenters. The van der Waals surface area contributed by atoms with Crippen molar-refractivity contribution < 1.29 is 4.42 Å². The Balaban J connectivity index is 1.63. The van der Waals surface area contributed by atoms with Gasteiger partial charge in [-0.15, -0.1) is 0 Å². The van der Waals surface area contributed by atoms with Crippen molar-refractivity contribution in [3.05, 3.63) is 24.2 Å². The summed E-state index contributed by atoms with van der Waals surface area (Å²) in [5, 5.41) is 3.76. The average Bonchev–Trinajstić information content (AvgIpc) is 3.17. The van der Waals surface area contributed by atoms with Gasteiger partial charge in [0.05, 0.1) is 6.26 Å². The number of hydrogen-bond acceptors (Lipinski definition) is 3. The summed E-state index contributed by atoms with van der Waals surface area (Å²) in [5.74, 6) is 2.06. The third kappa shape index (κ3) is 3.03. The number of rotatable bonds is 5. The Labute approximate surface area is 116 Å². The van der Waals surface area contributed by atoms with Crippen molar-refractivity contribution in [2.75, 3.05) is 13.1 Å². The predicted octanol–water partition coefficient (Wildman–Crippen LogP) is 2.67. The quantitative estimate of drug-likeness (QED) is 0.884. The van der Waals surface area contributed by atoms with Gasteiger partial charge < -0.3 is 9.73 Å². The first-order chi connectivity index (χ1) is 9.28. The molecule has 2 fully saturated rings. The van der Waals surface area contributed by atoms with Gasteiger partial charge >= 0.3 is 0 Å². The molecular formula is C16H26N2O. The fourth-order valence-electron chi connectivity index (χ4n) is 3.42. The van der Waals surface area contributed by atoms with Gasteiger partial charge in [-0.05, 0) is 44.2 Å². The van der Waals surface area contributed by atoms with Gasteiger partial charge in [-0.2, -0.15) is 0 Å². The summed E-state index contributed by atoms with van der Waals surface area (Å²) in [7, 11) is 0. The van der Waals surface area contributed by atoms with Crippen LogP contribution in [0.15, 0.2) is 22.8 Å². The van der Waals surface area contributed by atoms with Crippen LogP contribution >= 0.6 is 0 Å². The number of hydrogen-bond donors (Lipinski definition) is 1. The van der Waals surface area contributed by atoms with Crippen LogP contribution in [0.3, 0.4) is 0 Å². The van der Waals surface area contributed by atoms with Gasteiger partial charge in [0.2, 0.25) is 0 Å². The molecule has 3 heteroatoms. The van der Waals surface area contributed by atoms with Crippen molar-refractivity contribution in [1.82, 2.24) is 10.2 Å². The Morgan fingerprint density at radius 1 is 1.47 bits per heavy atom. The highest BCUT2D eigenvalue weighted by Crippen LogP contribution is 2.35. The molecule has 1 aliphatic heterocycles. The second-order valence-electron chi connectivity index (χ2n) is 6.24. The molecule has 3 nitrogen and oxygen atoms in total. The van der Waals surface area contributed by atoms with E-state index in [9.17, 15) is 0 Å². The minimum atomic E-state index is 0.569. The van der Waals surface area contributed by atoms with Gasteiger partial charge in [0.25, 0.3) is 0 Å². The summed E-state index contributed by atoms with van der Waals surface area (Å²) in [6.45, 7) is 7.02. The number of furan rings is 1. The predicted molar refractivity (Wildman–Crippen MR) is 77.2 cm³/mol. The molecule has 3 rings (SSSR count). The standard InChI is InChI=1S/C16H26N2O/c1-3-14-10-17-16(13-6-7-13)11-18(14)12(2)9-15-5-4-8-19-15/h4-5,8,12-14,16-17H,3,6-7,9-11H2,1-2H3. The molecule has 1 N–H and O–H groups in total. The monoisotopic (exact) mass is 262 g/mol. The van der Waals surface area contributed by atoms with Crippen molar-refractivity contribution in [3.8, 4) is 0 Å². The molecule has 1 saturated carbocycles. The van der Waals surface area contributed by atoms with Gasteiger partial charge in [0, 0.05) is 37.6 Å². The van der Waals surface area contributed by atoms with E-state index >= 15 is 0 Å². The summed E-state index contributed by atoms with van der Waals surface area (Å²) < 4.78 is 5.51. The third-order valence-electron chi connectivity index (χ3n) is 4.80. The van der Waals surface area contributed by atoms with Crippen LogP contribution in [0.1, 0.15) is 38.9 Å². The van der Waals surface area contributed by atoms with Crippen LogP contribution in [-0.2, 0) is 6.42 Å². The molecule has 3 unspecified atom stereocenters. The first-order valence-corrected chi connectivity index (χ1v) is 7.79. The maximum absolute atomic E-state index is 5.51. The van der Waals surface area contributed by atoms with Crippen LogP contribution < -0.4 is 5.32 Å². The number of piperazine rings is 1. The Kier molecular flexibility index (Phi) is 3.94. The molecule has 0 radical (unpaired) electrons. The first-order valence-electron chi connectivity index (χ1n) is 7.79. The molecule has 19 heavy (non-hydrogen) atoms. The second kappa shape index (κ2) is 5.68. The fourth-order valence-corrected chi connectivity index (χ4v) is 3.42. The van der Waals surface area contributed by atoms with Crippen LogP contribution in [0.25, 0.3) is 0 Å². The normalized spacial score (nSPS) is 30.4. The van der Waals surface area contributed by atoms with Gasteiger partial charge in [-0.25, -0.2) is 0 Å².